The average Bonchev–Trinajstić information content (AvgIpc) is 0.892. The molecule has 0 fully saturated rings. The van der Waals surface area contributed by atoms with Crippen molar-refractivity contribution in [2.45, 2.75) is 307 Å². The highest BCUT2D eigenvalue weighted by Crippen LogP contribution is 2.26. The number of ether oxygens (including phenoxy) is 18. The molecule has 28 nitrogen and oxygen atoms in total. The van der Waals surface area contributed by atoms with E-state index in [2.05, 4.69) is 83.1 Å². The van der Waals surface area contributed by atoms with E-state index in [4.69, 9.17) is 85.3 Å². The average molecular weight is 2020 g/mol. The summed E-state index contributed by atoms with van der Waals surface area (Å²) in [6.07, 6.45) is -1.28. The fraction of sp³-hybridized carbons (Fsp3) is 0.621. The van der Waals surface area contributed by atoms with Crippen LogP contribution in [0.5, 0.6) is 0 Å². The summed E-state index contributed by atoms with van der Waals surface area (Å²) in [5, 5.41) is 0. The smallest absolute Gasteiger partial charge is 0.462 e. The molecule has 0 aromatic heterocycles. The molecule has 0 heterocycles. The summed E-state index contributed by atoms with van der Waals surface area (Å²) in [6.45, 7) is 56.0. The Morgan fingerprint density at radius 3 is 0.562 bits per heavy atom. The molecule has 0 saturated heterocycles. The van der Waals surface area contributed by atoms with Gasteiger partial charge in [0.15, 0.2) is 12.2 Å². The number of carbonyl (C=O) groups is 8. The van der Waals surface area contributed by atoms with Gasteiger partial charge in [-0.25, -0.2) is 19.2 Å². The van der Waals surface area contributed by atoms with Crippen molar-refractivity contribution in [3.63, 3.8) is 0 Å². The Morgan fingerprint density at radius 1 is 0.222 bits per heavy atom. The molecule has 0 spiro atoms. The van der Waals surface area contributed by atoms with Crippen LogP contribution in [0.4, 0.5) is 19.2 Å². The Morgan fingerprint density at radius 2 is 0.382 bits per heavy atom. The predicted molar refractivity (Wildman–Crippen MR) is 560 cm³/mol. The lowest BCUT2D eigenvalue weighted by atomic mass is 9.95. The van der Waals surface area contributed by atoms with Gasteiger partial charge in [-0.3, -0.25) is 29.0 Å². The van der Waals surface area contributed by atoms with Crippen molar-refractivity contribution in [2.75, 3.05) is 105 Å². The number of hydrogen-bond acceptors (Lipinski definition) is 28. The second-order valence-electron chi connectivity index (χ2n) is 43.2. The number of carbonyl (C=O) groups excluding carboxylic acids is 8. The van der Waals surface area contributed by atoms with Crippen molar-refractivity contribution >= 4 is 48.5 Å². The fourth-order valence-electron chi connectivity index (χ4n) is 13.9. The van der Waals surface area contributed by atoms with Crippen LogP contribution in [-0.2, 0) is 144 Å². The first-order valence-electron chi connectivity index (χ1n) is 51.3. The van der Waals surface area contributed by atoms with Crippen LogP contribution in [-0.4, -0.2) is 212 Å². The van der Waals surface area contributed by atoms with Gasteiger partial charge < -0.3 is 85.3 Å². The Hall–Kier alpha value is -10.0. The summed E-state index contributed by atoms with van der Waals surface area (Å²) in [6, 6.07) is 58.5. The maximum atomic E-state index is 12.9. The molecule has 28 heteroatoms. The van der Waals surface area contributed by atoms with Gasteiger partial charge in [-0.2, -0.15) is 0 Å². The Balaban J connectivity index is 0.000000549. The third kappa shape index (κ3) is 65.4. The van der Waals surface area contributed by atoms with E-state index in [1.807, 2.05) is 240 Å². The zero-order valence-electron chi connectivity index (χ0n) is 91.7. The van der Waals surface area contributed by atoms with Gasteiger partial charge in [0.2, 0.25) is 0 Å². The maximum absolute atomic E-state index is 12.9. The third-order valence-electron chi connectivity index (χ3n) is 21.1. The van der Waals surface area contributed by atoms with Crippen molar-refractivity contribution in [1.29, 1.82) is 0 Å². The van der Waals surface area contributed by atoms with E-state index in [0.717, 1.165) is 71.9 Å². The van der Waals surface area contributed by atoms with Gasteiger partial charge in [-0.15, -0.1) is 0 Å². The number of benzene rings is 6. The van der Waals surface area contributed by atoms with Crippen LogP contribution >= 0.6 is 0 Å². The predicted octanol–water partition coefficient (Wildman–Crippen LogP) is 24.1. The molecule has 0 aliphatic carbocycles. The second kappa shape index (κ2) is 71.5. The molecule has 2 atom stereocenters. The van der Waals surface area contributed by atoms with Crippen LogP contribution in [0.2, 0.25) is 0 Å². The zero-order valence-corrected chi connectivity index (χ0v) is 91.7. The van der Waals surface area contributed by atoms with Crippen molar-refractivity contribution < 1.29 is 124 Å². The van der Waals surface area contributed by atoms with Gasteiger partial charge in [-0.05, 0) is 204 Å². The molecule has 0 amide bonds. The number of rotatable bonds is 60. The Labute approximate surface area is 862 Å². The number of hydrogen-bond donors (Lipinski definition) is 0. The number of nitrogens with zero attached hydrogens (tertiary/aromatic N) is 2. The van der Waals surface area contributed by atoms with Gasteiger partial charge >= 0.3 is 48.5 Å². The van der Waals surface area contributed by atoms with Crippen LogP contribution in [0.15, 0.2) is 182 Å². The lowest BCUT2D eigenvalue weighted by Crippen LogP contribution is -2.40. The lowest BCUT2D eigenvalue weighted by molar-refractivity contribution is -0.166. The molecular weight excluding hydrogens is 1840 g/mol. The van der Waals surface area contributed by atoms with E-state index in [1.165, 1.54) is 0 Å². The molecule has 0 aliphatic heterocycles. The summed E-state index contributed by atoms with van der Waals surface area (Å²) in [7, 11) is 0. The highest BCUT2D eigenvalue weighted by atomic mass is 16.8. The quantitative estimate of drug-likeness (QED) is 0.0253. The summed E-state index contributed by atoms with van der Waals surface area (Å²) in [4.78, 5) is 104. The summed E-state index contributed by atoms with van der Waals surface area (Å²) in [5.74, 6) is 1.74. The van der Waals surface area contributed by atoms with Gasteiger partial charge in [0.25, 0.3) is 0 Å². The molecular formula is C116H178N2O26. The summed E-state index contributed by atoms with van der Waals surface area (Å²) >= 11 is 0. The normalized spacial score (nSPS) is 12.3. The highest BCUT2D eigenvalue weighted by Gasteiger charge is 2.33. The molecule has 0 bridgehead atoms. The Bertz CT molecular complexity index is 4060. The topological polar surface area (TPSA) is 309 Å². The largest absolute Gasteiger partial charge is 0.508 e. The van der Waals surface area contributed by atoms with E-state index in [1.54, 1.807) is 48.5 Å². The molecule has 2 unspecified atom stereocenters. The minimum atomic E-state index is -0.890. The summed E-state index contributed by atoms with van der Waals surface area (Å²) < 4.78 is 102. The first-order valence-corrected chi connectivity index (χ1v) is 51.3. The molecule has 0 radical (unpaired) electrons. The van der Waals surface area contributed by atoms with Crippen molar-refractivity contribution in [1.82, 2.24) is 9.80 Å². The zero-order chi connectivity index (χ0) is 107. The highest BCUT2D eigenvalue weighted by molar-refractivity contribution is 5.77. The molecule has 6 aromatic rings. The third-order valence-corrected chi connectivity index (χ3v) is 21.1. The van der Waals surface area contributed by atoms with Crippen LogP contribution in [0.25, 0.3) is 0 Å². The van der Waals surface area contributed by atoms with Crippen LogP contribution < -0.4 is 0 Å². The molecule has 0 N–H and O–H groups in total. The van der Waals surface area contributed by atoms with Gasteiger partial charge in [0, 0.05) is 39.3 Å². The van der Waals surface area contributed by atoms with Crippen LogP contribution in [0.1, 0.15) is 252 Å². The first-order chi connectivity index (χ1) is 68.0. The van der Waals surface area contributed by atoms with Crippen LogP contribution in [0.3, 0.4) is 0 Å². The maximum Gasteiger partial charge on any atom is 0.508 e. The van der Waals surface area contributed by atoms with Crippen molar-refractivity contribution in [3.05, 3.63) is 215 Å². The minimum Gasteiger partial charge on any atom is -0.462 e. The molecule has 6 aromatic carbocycles. The molecule has 144 heavy (non-hydrogen) atoms. The van der Waals surface area contributed by atoms with Crippen LogP contribution in [0, 0.1) is 57.2 Å². The molecule has 0 aliphatic rings. The van der Waals surface area contributed by atoms with Crippen molar-refractivity contribution in [3.8, 4) is 0 Å². The molecule has 6 rings (SSSR count). The van der Waals surface area contributed by atoms with E-state index in [9.17, 15) is 38.4 Å². The van der Waals surface area contributed by atoms with E-state index >= 15 is 0 Å². The number of esters is 4. The monoisotopic (exact) mass is 2020 g/mol. The molecule has 0 saturated carbocycles. The molecule has 808 valence electrons. The fourth-order valence-corrected chi connectivity index (χ4v) is 13.9. The van der Waals surface area contributed by atoms with E-state index in [-0.39, 0.29) is 115 Å². The van der Waals surface area contributed by atoms with E-state index < -0.39 is 76.8 Å². The Kier molecular flexibility index (Phi) is 63.6. The van der Waals surface area contributed by atoms with E-state index in [0.29, 0.717) is 108 Å². The van der Waals surface area contributed by atoms with Crippen molar-refractivity contribution in [2.24, 2.45) is 57.2 Å². The van der Waals surface area contributed by atoms with Gasteiger partial charge in [0.05, 0.1) is 101 Å². The lowest BCUT2D eigenvalue weighted by Gasteiger charge is -2.27. The van der Waals surface area contributed by atoms with Gasteiger partial charge in [-0.1, -0.05) is 265 Å². The SMILES string of the molecule is CC(C)(C)C(=O)OC(COCc1ccccc1)COCc1ccccc1.CC(C)CC(CC(C)C)OC(=O)C(C)(C)C.CC(C)CC(CC(C)C)OC(=O)OCCN(CCOC(=O)OC(CC(C)C)CC(C)C)CC(C)OC(=O)C(C)(C)C.CC(CN(CCOC(=O)OC(COCc1ccccc1)COCc1ccccc1)CCOC(=O)OC(COCc1ccccc1)COCc1ccccc1)OC(=O)C(C)(C)C. The standard InChI is InChI=1S/C48H61NO12.C32H61NO8.C22H28O4.C14H28O2/c1-38(59-45(50)48(2,3)4)29-49(25-27-57-46(51)60-43(34-53-30-39-17-9-5-10-18-39)35-54-31-40-19-11-6-12-20-40)26-28-58-47(52)61-44(36-55-32-41-21-13-7-14-22-41)37-56-33-42-23-15-8-16-24-42;1-22(2)17-27(18-23(3)4)40-30(35)37-15-13-33(21-26(9)39-29(34)32(10,11)12)14-16-38-31(36)41-28(19-24(5)6)20-25(7)8;1-22(2,3)21(23)26-20(16-24-14-18-10-6-4-7-11-18)17-25-15-19-12-8-5-9-13-19;1-10(2)8-12(9-11(3)4)16-13(15)14(5,6)7/h5-24,38,43-44H,25-37H2,1-4H3;22-28H,13-21H2,1-12H3;4-13,20H,14-17H2,1-3H3;10-12H,8-9H2,1-7H3. The minimum absolute atomic E-state index is 0.0642. The second-order valence-corrected chi connectivity index (χ2v) is 43.2. The first kappa shape index (κ1) is 128. The summed E-state index contributed by atoms with van der Waals surface area (Å²) in [5.41, 5.74) is 3.81. The van der Waals surface area contributed by atoms with Gasteiger partial charge in [0.1, 0.15) is 63.1 Å².